The van der Waals surface area contributed by atoms with Crippen LogP contribution in [0.4, 0.5) is 0 Å². The Kier molecular flexibility index (Phi) is 5.01. The number of aromatic hydroxyl groups is 1. The van der Waals surface area contributed by atoms with Gasteiger partial charge in [0.05, 0.1) is 12.2 Å². The summed E-state index contributed by atoms with van der Waals surface area (Å²) in [6.07, 6.45) is 2.47. The average molecular weight is 373 g/mol. The molecule has 2 heterocycles. The van der Waals surface area contributed by atoms with Crippen molar-refractivity contribution in [3.05, 3.63) is 78.0 Å². The number of hydrogen-bond acceptors (Lipinski definition) is 6. The largest absolute Gasteiger partial charge is 0.507 e. The van der Waals surface area contributed by atoms with Gasteiger partial charge in [0.25, 0.3) is 5.89 Å². The lowest BCUT2D eigenvalue weighted by Gasteiger charge is -2.08. The van der Waals surface area contributed by atoms with Gasteiger partial charge < -0.3 is 14.4 Å². The molecule has 0 saturated heterocycles. The second-order valence-corrected chi connectivity index (χ2v) is 6.36. The van der Waals surface area contributed by atoms with Crippen LogP contribution in [0, 0.1) is 6.92 Å². The first-order chi connectivity index (χ1) is 13.7. The van der Waals surface area contributed by atoms with Crippen molar-refractivity contribution in [3.8, 4) is 34.5 Å². The van der Waals surface area contributed by atoms with Crippen LogP contribution in [-0.2, 0) is 6.42 Å². The molecule has 1 N–H and O–H groups in total. The summed E-state index contributed by atoms with van der Waals surface area (Å²) in [5.41, 5.74) is 3.21. The monoisotopic (exact) mass is 373 g/mol. The zero-order valence-electron chi connectivity index (χ0n) is 15.4. The fourth-order valence-electron chi connectivity index (χ4n) is 2.86. The quantitative estimate of drug-likeness (QED) is 0.538. The van der Waals surface area contributed by atoms with Gasteiger partial charge in [0.15, 0.2) is 0 Å². The van der Waals surface area contributed by atoms with Gasteiger partial charge in [-0.2, -0.15) is 4.98 Å². The number of pyridine rings is 1. The van der Waals surface area contributed by atoms with Crippen molar-refractivity contribution < 1.29 is 14.4 Å². The highest BCUT2D eigenvalue weighted by Crippen LogP contribution is 2.33. The Hall–Kier alpha value is -3.67. The van der Waals surface area contributed by atoms with Crippen molar-refractivity contribution >= 4 is 0 Å². The maximum absolute atomic E-state index is 10.2. The Balaban J connectivity index is 1.52. The Bertz CT molecular complexity index is 1080. The third-order valence-corrected chi connectivity index (χ3v) is 4.35. The van der Waals surface area contributed by atoms with Gasteiger partial charge in [-0.1, -0.05) is 41.6 Å². The molecule has 0 aliphatic carbocycles. The highest BCUT2D eigenvalue weighted by Gasteiger charge is 2.17. The molecule has 4 aromatic rings. The molecule has 28 heavy (non-hydrogen) atoms. The SMILES string of the molecule is Cc1cccnc1-c1noc(-c2cc(OCCc3ccccc3)ccc2O)n1. The molecule has 0 saturated carbocycles. The second-order valence-electron chi connectivity index (χ2n) is 6.36. The van der Waals surface area contributed by atoms with E-state index in [0.29, 0.717) is 29.4 Å². The summed E-state index contributed by atoms with van der Waals surface area (Å²) < 4.78 is 11.2. The van der Waals surface area contributed by atoms with Crippen molar-refractivity contribution in [1.82, 2.24) is 15.1 Å². The topological polar surface area (TPSA) is 81.3 Å². The van der Waals surface area contributed by atoms with E-state index in [0.717, 1.165) is 12.0 Å². The number of aromatic nitrogens is 3. The van der Waals surface area contributed by atoms with Crippen LogP contribution in [0.2, 0.25) is 0 Å². The van der Waals surface area contributed by atoms with Crippen LogP contribution in [0.25, 0.3) is 23.0 Å². The van der Waals surface area contributed by atoms with Gasteiger partial charge in [0.1, 0.15) is 17.2 Å². The normalized spacial score (nSPS) is 10.8. The molecule has 140 valence electrons. The maximum atomic E-state index is 10.2. The molecule has 0 radical (unpaired) electrons. The summed E-state index contributed by atoms with van der Waals surface area (Å²) in [7, 11) is 0. The van der Waals surface area contributed by atoms with Gasteiger partial charge >= 0.3 is 0 Å². The van der Waals surface area contributed by atoms with Crippen LogP contribution in [-0.4, -0.2) is 26.8 Å². The van der Waals surface area contributed by atoms with E-state index in [1.165, 1.54) is 5.56 Å². The van der Waals surface area contributed by atoms with E-state index < -0.39 is 0 Å². The maximum Gasteiger partial charge on any atom is 0.262 e. The highest BCUT2D eigenvalue weighted by molar-refractivity contribution is 5.66. The van der Waals surface area contributed by atoms with Crippen LogP contribution in [0.3, 0.4) is 0 Å². The van der Waals surface area contributed by atoms with Crippen molar-refractivity contribution in [2.24, 2.45) is 0 Å². The Morgan fingerprint density at radius 2 is 1.89 bits per heavy atom. The molecule has 0 aliphatic rings. The molecule has 6 nitrogen and oxygen atoms in total. The van der Waals surface area contributed by atoms with Crippen LogP contribution < -0.4 is 4.74 Å². The summed E-state index contributed by atoms with van der Waals surface area (Å²) in [6, 6.07) is 18.9. The third kappa shape index (κ3) is 3.86. The zero-order valence-corrected chi connectivity index (χ0v) is 15.4. The number of benzene rings is 2. The lowest BCUT2D eigenvalue weighted by molar-refractivity contribution is 0.321. The number of aryl methyl sites for hydroxylation is 1. The van der Waals surface area contributed by atoms with Crippen LogP contribution in [0.1, 0.15) is 11.1 Å². The number of phenols is 1. The first-order valence-electron chi connectivity index (χ1n) is 8.96. The van der Waals surface area contributed by atoms with E-state index >= 15 is 0 Å². The van der Waals surface area contributed by atoms with Crippen molar-refractivity contribution in [1.29, 1.82) is 0 Å². The first kappa shape index (κ1) is 17.7. The van der Waals surface area contributed by atoms with Crippen molar-refractivity contribution in [3.63, 3.8) is 0 Å². The zero-order chi connectivity index (χ0) is 19.3. The lowest BCUT2D eigenvalue weighted by Crippen LogP contribution is -2.01. The fraction of sp³-hybridized carbons (Fsp3) is 0.136. The summed E-state index contributed by atoms with van der Waals surface area (Å²) in [5.74, 6) is 1.26. The minimum absolute atomic E-state index is 0.0448. The van der Waals surface area contributed by atoms with Crippen molar-refractivity contribution in [2.45, 2.75) is 13.3 Å². The molecule has 0 amide bonds. The molecule has 2 aromatic carbocycles. The molecule has 0 unspecified atom stereocenters. The summed E-state index contributed by atoms with van der Waals surface area (Å²) in [6.45, 7) is 2.45. The molecule has 6 heteroatoms. The van der Waals surface area contributed by atoms with E-state index in [2.05, 4.69) is 27.3 Å². The number of phenolic OH excluding ortho intramolecular Hbond substituents is 1. The highest BCUT2D eigenvalue weighted by atomic mass is 16.5. The summed E-state index contributed by atoms with van der Waals surface area (Å²) in [5, 5.41) is 14.2. The minimum Gasteiger partial charge on any atom is -0.507 e. The third-order valence-electron chi connectivity index (χ3n) is 4.35. The number of ether oxygens (including phenoxy) is 1. The smallest absolute Gasteiger partial charge is 0.262 e. The Morgan fingerprint density at radius 3 is 2.71 bits per heavy atom. The fourth-order valence-corrected chi connectivity index (χ4v) is 2.86. The number of nitrogens with zero attached hydrogens (tertiary/aromatic N) is 3. The van der Waals surface area contributed by atoms with E-state index in [1.54, 1.807) is 24.4 Å². The standard InChI is InChI=1S/C22H19N3O3/c1-15-6-5-12-23-20(15)21-24-22(28-25-21)18-14-17(9-10-19(18)26)27-13-11-16-7-3-2-4-8-16/h2-10,12,14,26H,11,13H2,1H3. The molecule has 0 fully saturated rings. The number of hydrogen-bond donors (Lipinski definition) is 1. The summed E-state index contributed by atoms with van der Waals surface area (Å²) >= 11 is 0. The van der Waals surface area contributed by atoms with Gasteiger partial charge in [-0.05, 0) is 42.3 Å². The van der Waals surface area contributed by atoms with E-state index in [4.69, 9.17) is 9.26 Å². The van der Waals surface area contributed by atoms with Gasteiger partial charge in [-0.15, -0.1) is 0 Å². The predicted octanol–water partition coefficient (Wildman–Crippen LogP) is 4.43. The van der Waals surface area contributed by atoms with Gasteiger partial charge in [0.2, 0.25) is 5.82 Å². The van der Waals surface area contributed by atoms with E-state index in [9.17, 15) is 5.11 Å². The molecule has 0 bridgehead atoms. The molecule has 2 aromatic heterocycles. The first-order valence-corrected chi connectivity index (χ1v) is 8.96. The van der Waals surface area contributed by atoms with Crippen LogP contribution >= 0.6 is 0 Å². The minimum atomic E-state index is 0.0448. The molecule has 0 atom stereocenters. The van der Waals surface area contributed by atoms with Crippen molar-refractivity contribution in [2.75, 3.05) is 6.61 Å². The molecule has 0 spiro atoms. The molecule has 0 aliphatic heterocycles. The van der Waals surface area contributed by atoms with Crippen LogP contribution in [0.5, 0.6) is 11.5 Å². The van der Waals surface area contributed by atoms with Gasteiger partial charge in [0, 0.05) is 12.6 Å². The second kappa shape index (κ2) is 7.92. The molecular formula is C22H19N3O3. The summed E-state index contributed by atoms with van der Waals surface area (Å²) in [4.78, 5) is 8.68. The molecular weight excluding hydrogens is 354 g/mol. The molecule has 4 rings (SSSR count). The van der Waals surface area contributed by atoms with Gasteiger partial charge in [-0.3, -0.25) is 4.98 Å². The van der Waals surface area contributed by atoms with E-state index in [1.807, 2.05) is 37.3 Å². The predicted molar refractivity (Wildman–Crippen MR) is 105 cm³/mol. The van der Waals surface area contributed by atoms with Crippen LogP contribution in [0.15, 0.2) is 71.4 Å². The average Bonchev–Trinajstić information content (AvgIpc) is 3.20. The van der Waals surface area contributed by atoms with Gasteiger partial charge in [-0.25, -0.2) is 0 Å². The number of rotatable bonds is 6. The Labute approximate surface area is 162 Å². The van der Waals surface area contributed by atoms with E-state index in [-0.39, 0.29) is 11.6 Å². The lowest BCUT2D eigenvalue weighted by atomic mass is 10.1. The Morgan fingerprint density at radius 1 is 1.04 bits per heavy atom.